The van der Waals surface area contributed by atoms with Gasteiger partial charge in [0.2, 0.25) is 5.95 Å². The average molecular weight is 1180 g/mol. The van der Waals surface area contributed by atoms with Gasteiger partial charge in [-0.15, -0.1) is 71.8 Å². The molecule has 10 aromatic rings. The van der Waals surface area contributed by atoms with Gasteiger partial charge in [0, 0.05) is 47.8 Å². The van der Waals surface area contributed by atoms with Gasteiger partial charge < -0.3 is 24.0 Å². The zero-order valence-corrected chi connectivity index (χ0v) is 39.2. The summed E-state index contributed by atoms with van der Waals surface area (Å²) in [5.41, 5.74) is 14.2. The van der Waals surface area contributed by atoms with E-state index in [-0.39, 0.29) is 42.1 Å². The third-order valence-electron chi connectivity index (χ3n) is 10.9. The fraction of sp³-hybridized carbons (Fsp3) is 0.0741. The number of hydrogen-bond acceptors (Lipinski definition) is 6. The average Bonchev–Trinajstić information content (AvgIpc) is 3.60. The molecule has 0 N–H and O–H groups in total. The molecule has 0 radical (unpaired) electrons. The van der Waals surface area contributed by atoms with E-state index in [2.05, 4.69) is 110 Å². The first-order valence-electron chi connectivity index (χ1n) is 20.0. The van der Waals surface area contributed by atoms with Crippen molar-refractivity contribution in [3.05, 3.63) is 199 Å². The quantitative estimate of drug-likeness (QED) is 0.134. The molecule has 4 heterocycles. The maximum Gasteiger partial charge on any atom is 2.00 e. The fourth-order valence-electron chi connectivity index (χ4n) is 8.04. The summed E-state index contributed by atoms with van der Waals surface area (Å²) in [7, 11) is 0. The Hall–Kier alpha value is -6.52. The van der Waals surface area contributed by atoms with Gasteiger partial charge in [0.15, 0.2) is 0 Å². The molecule has 0 aliphatic carbocycles. The van der Waals surface area contributed by atoms with Gasteiger partial charge in [-0.05, 0) is 89.7 Å². The first-order chi connectivity index (χ1) is 29.9. The number of nitrogens with zero attached hydrogens (tertiary/aromatic N) is 5. The maximum atomic E-state index is 6.41. The first kappa shape index (κ1) is 43.1. The molecule has 310 valence electrons. The summed E-state index contributed by atoms with van der Waals surface area (Å²) in [5.74, 6) is 2.58. The van der Waals surface area contributed by atoms with E-state index in [0.717, 1.165) is 55.4 Å². The van der Waals surface area contributed by atoms with E-state index in [4.69, 9.17) is 19.4 Å². The van der Waals surface area contributed by atoms with Crippen LogP contribution in [-0.4, -0.2) is 24.5 Å². The van der Waals surface area contributed by atoms with Gasteiger partial charge in [0.25, 0.3) is 0 Å². The molecule has 0 saturated carbocycles. The van der Waals surface area contributed by atoms with Crippen molar-refractivity contribution < 1.29 is 51.6 Å². The topological polar surface area (TPSA) is 75.0 Å². The molecule has 0 atom stereocenters. The van der Waals surface area contributed by atoms with Gasteiger partial charge in [0.1, 0.15) is 0 Å². The standard InChI is InChI=1S/C54H37N5O2.2Pt/c1-34-10-5-11-35(2)52(34)40-18-24-48(57-32-40)38-14-7-16-42(28-38)60-44-20-22-46-47-23-21-45(31-51(47)59(50(46)30-44)54-55-26-9-27-56-54)61-43-17-8-15-39(29-43)49-25-19-41(33-58-49)53-36(3)12-6-13-37(53)4;;/h5-27,32-33H,1-4H3;;/q-4;2*+2. The molecular formula is C54H37N5O2Pt2. The predicted octanol–water partition coefficient (Wildman–Crippen LogP) is 13.0. The van der Waals surface area contributed by atoms with Gasteiger partial charge >= 0.3 is 42.1 Å². The Morgan fingerprint density at radius 3 is 1.24 bits per heavy atom. The minimum absolute atomic E-state index is 0. The molecule has 0 fully saturated rings. The van der Waals surface area contributed by atoms with Crippen LogP contribution in [0.25, 0.3) is 72.5 Å². The van der Waals surface area contributed by atoms with E-state index >= 15 is 0 Å². The summed E-state index contributed by atoms with van der Waals surface area (Å²) in [6, 6.07) is 56.0. The van der Waals surface area contributed by atoms with Gasteiger partial charge in [-0.2, -0.15) is 22.9 Å². The van der Waals surface area contributed by atoms with Crippen LogP contribution >= 0.6 is 0 Å². The summed E-state index contributed by atoms with van der Waals surface area (Å²) >= 11 is 0. The Morgan fingerprint density at radius 1 is 0.413 bits per heavy atom. The molecular weight excluding hydrogens is 1140 g/mol. The smallest absolute Gasteiger partial charge is 0.503 e. The van der Waals surface area contributed by atoms with Crippen molar-refractivity contribution in [1.29, 1.82) is 0 Å². The van der Waals surface area contributed by atoms with Crippen LogP contribution in [0.15, 0.2) is 152 Å². The van der Waals surface area contributed by atoms with E-state index in [1.54, 1.807) is 18.5 Å². The van der Waals surface area contributed by atoms with E-state index in [1.807, 2.05) is 89.8 Å². The number of fused-ring (bicyclic) bond motifs is 3. The molecule has 0 aliphatic heterocycles. The minimum atomic E-state index is 0. The van der Waals surface area contributed by atoms with E-state index in [9.17, 15) is 0 Å². The molecule has 63 heavy (non-hydrogen) atoms. The summed E-state index contributed by atoms with van der Waals surface area (Å²) in [5, 5.41) is 1.87. The second-order valence-corrected chi connectivity index (χ2v) is 15.0. The molecule has 0 aliphatic rings. The van der Waals surface area contributed by atoms with Crippen molar-refractivity contribution in [1.82, 2.24) is 24.5 Å². The molecule has 0 spiro atoms. The van der Waals surface area contributed by atoms with Crippen molar-refractivity contribution in [2.75, 3.05) is 0 Å². The Morgan fingerprint density at radius 2 is 0.825 bits per heavy atom. The Kier molecular flexibility index (Phi) is 12.6. The number of ether oxygens (including phenoxy) is 2. The van der Waals surface area contributed by atoms with E-state index in [1.165, 1.54) is 33.4 Å². The van der Waals surface area contributed by atoms with Crippen LogP contribution in [0.3, 0.4) is 0 Å². The fourth-order valence-corrected chi connectivity index (χ4v) is 8.04. The molecule has 4 aromatic heterocycles. The summed E-state index contributed by atoms with van der Waals surface area (Å²) in [6.07, 6.45) is 7.28. The molecule has 6 aromatic carbocycles. The predicted molar refractivity (Wildman–Crippen MR) is 241 cm³/mol. The Labute approximate surface area is 395 Å². The minimum Gasteiger partial charge on any atom is -0.503 e. The molecule has 0 amide bonds. The maximum absolute atomic E-state index is 6.41. The van der Waals surface area contributed by atoms with Crippen LogP contribution in [0, 0.1) is 52.0 Å². The number of aromatic nitrogens is 5. The van der Waals surface area contributed by atoms with Gasteiger partial charge in [-0.3, -0.25) is 0 Å². The molecule has 0 unspecified atom stereocenters. The van der Waals surface area contributed by atoms with Gasteiger partial charge in [-0.25, -0.2) is 9.97 Å². The second kappa shape index (κ2) is 18.4. The van der Waals surface area contributed by atoms with Crippen LogP contribution in [-0.2, 0) is 42.1 Å². The summed E-state index contributed by atoms with van der Waals surface area (Å²) in [4.78, 5) is 18.8. The second-order valence-electron chi connectivity index (χ2n) is 15.0. The van der Waals surface area contributed by atoms with Crippen LogP contribution < -0.4 is 9.47 Å². The summed E-state index contributed by atoms with van der Waals surface area (Å²) < 4.78 is 14.7. The van der Waals surface area contributed by atoms with Crippen LogP contribution in [0.5, 0.6) is 23.0 Å². The Bertz CT molecular complexity index is 3000. The Balaban J connectivity index is 0.00000272. The SMILES string of the molecule is Cc1cccc(C)c1-c1ccc(-c2[c-]c(Oc3[c-]c4c(cc3)c3ccc(Oc5[c-]c(-c6ccc(-c7c(C)cccc7C)cn6)ccc5)[c-]c3n4-c3ncccn3)ccc2)nc1.[Pt+2].[Pt+2]. The number of hydrogen-bond donors (Lipinski definition) is 0. The third-order valence-corrected chi connectivity index (χ3v) is 10.9. The number of benzene rings is 6. The van der Waals surface area contributed by atoms with Crippen molar-refractivity contribution in [3.63, 3.8) is 0 Å². The molecule has 9 heteroatoms. The van der Waals surface area contributed by atoms with Gasteiger partial charge in [-0.1, -0.05) is 83.8 Å². The summed E-state index contributed by atoms with van der Waals surface area (Å²) in [6.45, 7) is 8.51. The van der Waals surface area contributed by atoms with Crippen molar-refractivity contribution in [3.8, 4) is 73.7 Å². The molecule has 0 saturated heterocycles. The zero-order chi connectivity index (χ0) is 41.5. The zero-order valence-electron chi connectivity index (χ0n) is 34.6. The van der Waals surface area contributed by atoms with Crippen LogP contribution in [0.1, 0.15) is 22.3 Å². The van der Waals surface area contributed by atoms with Crippen molar-refractivity contribution >= 4 is 21.8 Å². The number of pyridine rings is 2. The number of rotatable bonds is 9. The first-order valence-corrected chi connectivity index (χ1v) is 20.0. The number of aryl methyl sites for hydroxylation is 4. The van der Waals surface area contributed by atoms with E-state index in [0.29, 0.717) is 28.9 Å². The van der Waals surface area contributed by atoms with Gasteiger partial charge in [0.05, 0.1) is 0 Å². The van der Waals surface area contributed by atoms with Crippen molar-refractivity contribution in [2.24, 2.45) is 0 Å². The normalized spacial score (nSPS) is 10.9. The molecule has 0 bridgehead atoms. The third kappa shape index (κ3) is 8.64. The van der Waals surface area contributed by atoms with E-state index < -0.39 is 0 Å². The van der Waals surface area contributed by atoms with Crippen LogP contribution in [0.2, 0.25) is 0 Å². The molecule has 10 rings (SSSR count). The monoisotopic (exact) mass is 1180 g/mol. The van der Waals surface area contributed by atoms with Crippen LogP contribution in [0.4, 0.5) is 0 Å². The largest absolute Gasteiger partial charge is 2.00 e. The molecule has 7 nitrogen and oxygen atoms in total. The van der Waals surface area contributed by atoms with Crippen molar-refractivity contribution in [2.45, 2.75) is 27.7 Å².